The first-order chi connectivity index (χ1) is 10.1. The predicted octanol–water partition coefficient (Wildman–Crippen LogP) is 1.38. The number of aromatic hydroxyl groups is 1. The molecule has 4 nitrogen and oxygen atoms in total. The number of aliphatic hydroxyl groups is 1. The third-order valence-electron chi connectivity index (χ3n) is 5.11. The molecule has 4 heteroatoms. The lowest BCUT2D eigenvalue weighted by molar-refractivity contribution is -0.460. The van der Waals surface area contributed by atoms with Gasteiger partial charge in [0.1, 0.15) is 17.9 Å². The highest BCUT2D eigenvalue weighted by Gasteiger charge is 2.48. The molecule has 21 heavy (non-hydrogen) atoms. The van der Waals surface area contributed by atoms with Crippen LogP contribution in [0.5, 0.6) is 5.75 Å². The van der Waals surface area contributed by atoms with E-state index in [4.69, 9.17) is 9.84 Å². The van der Waals surface area contributed by atoms with Crippen LogP contribution in [-0.2, 0) is 16.6 Å². The number of ether oxygens (including phenoxy) is 1. The van der Waals surface area contributed by atoms with Gasteiger partial charge in [-0.1, -0.05) is 19.9 Å². The Labute approximate surface area is 126 Å². The van der Waals surface area contributed by atoms with Gasteiger partial charge in [-0.3, -0.25) is 0 Å². The summed E-state index contributed by atoms with van der Waals surface area (Å²) >= 11 is 0. The highest BCUT2D eigenvalue weighted by Crippen LogP contribution is 2.43. The minimum atomic E-state index is -0.0454. The molecule has 0 radical (unpaired) electrons. The van der Waals surface area contributed by atoms with Crippen LogP contribution >= 0.6 is 0 Å². The summed E-state index contributed by atoms with van der Waals surface area (Å²) < 4.78 is 6.00. The quantitative estimate of drug-likeness (QED) is 0.694. The van der Waals surface area contributed by atoms with Crippen LogP contribution < -0.4 is 5.73 Å². The van der Waals surface area contributed by atoms with E-state index in [9.17, 15) is 5.11 Å². The van der Waals surface area contributed by atoms with Crippen LogP contribution in [0, 0.1) is 0 Å². The van der Waals surface area contributed by atoms with Crippen LogP contribution in [-0.4, -0.2) is 35.6 Å². The Kier molecular flexibility index (Phi) is 5.25. The molecule has 2 rings (SSSR count). The van der Waals surface area contributed by atoms with Crippen molar-refractivity contribution in [3.63, 3.8) is 0 Å². The minimum Gasteiger partial charge on any atom is -0.508 e. The Morgan fingerprint density at radius 2 is 2.05 bits per heavy atom. The zero-order valence-corrected chi connectivity index (χ0v) is 13.1. The summed E-state index contributed by atoms with van der Waals surface area (Å²) in [6, 6.07) is 5.83. The Hall–Kier alpha value is -1.10. The summed E-state index contributed by atoms with van der Waals surface area (Å²) in [4.78, 5) is 0. The molecule has 1 aromatic rings. The molecule has 5 N–H and O–H groups in total. The van der Waals surface area contributed by atoms with Crippen LogP contribution in [0.4, 0.5) is 0 Å². The van der Waals surface area contributed by atoms with Gasteiger partial charge in [0.2, 0.25) is 0 Å². The fourth-order valence-electron chi connectivity index (χ4n) is 3.75. The van der Waals surface area contributed by atoms with E-state index in [1.807, 2.05) is 12.1 Å². The van der Waals surface area contributed by atoms with Crippen molar-refractivity contribution in [2.45, 2.75) is 57.1 Å². The second-order valence-corrected chi connectivity index (χ2v) is 6.00. The lowest BCUT2D eigenvalue weighted by atomic mass is 9.63. The number of phenolic OH excluding ortho intramolecular Hbond substituents is 1. The highest BCUT2D eigenvalue weighted by molar-refractivity contribution is 5.44. The zero-order valence-electron chi connectivity index (χ0n) is 13.1. The number of benzene rings is 1. The summed E-state index contributed by atoms with van der Waals surface area (Å²) in [6.45, 7) is 5.10. The van der Waals surface area contributed by atoms with Crippen molar-refractivity contribution in [1.82, 2.24) is 0 Å². The highest BCUT2D eigenvalue weighted by atomic mass is 16.5. The molecule has 1 aliphatic carbocycles. The first-order valence-corrected chi connectivity index (χ1v) is 7.97. The number of aliphatic hydroxyl groups excluding tert-OH is 1. The van der Waals surface area contributed by atoms with E-state index in [0.29, 0.717) is 18.8 Å². The third-order valence-corrected chi connectivity index (χ3v) is 5.11. The van der Waals surface area contributed by atoms with Gasteiger partial charge < -0.3 is 20.7 Å². The van der Waals surface area contributed by atoms with Gasteiger partial charge in [0.15, 0.2) is 0 Å². The summed E-state index contributed by atoms with van der Waals surface area (Å²) in [5.41, 5.74) is 6.85. The van der Waals surface area contributed by atoms with Gasteiger partial charge in [-0.15, -0.1) is 0 Å². The molecule has 0 heterocycles. The molecule has 1 aromatic carbocycles. The molecule has 0 bridgehead atoms. The Morgan fingerprint density at radius 1 is 1.33 bits per heavy atom. The maximum atomic E-state index is 9.86. The van der Waals surface area contributed by atoms with Crippen molar-refractivity contribution < 1.29 is 20.7 Å². The number of hydrogen-bond donors (Lipinski definition) is 3. The zero-order chi connectivity index (χ0) is 15.5. The van der Waals surface area contributed by atoms with Crippen LogP contribution in [0.25, 0.3) is 0 Å². The second kappa shape index (κ2) is 6.77. The van der Waals surface area contributed by atoms with Crippen LogP contribution in [0.1, 0.15) is 44.2 Å². The van der Waals surface area contributed by atoms with Gasteiger partial charge in [0, 0.05) is 25.0 Å². The predicted molar refractivity (Wildman–Crippen MR) is 82.2 cm³/mol. The maximum Gasteiger partial charge on any atom is 0.121 e. The molecule has 0 aliphatic heterocycles. The van der Waals surface area contributed by atoms with Gasteiger partial charge in [-0.05, 0) is 42.5 Å². The van der Waals surface area contributed by atoms with Crippen molar-refractivity contribution in [3.8, 4) is 5.75 Å². The molecule has 0 unspecified atom stereocenters. The fraction of sp³-hybridized carbons (Fsp3) is 0.647. The number of phenols is 1. The molecular formula is C17H28NO3+. The Morgan fingerprint density at radius 3 is 2.67 bits per heavy atom. The second-order valence-electron chi connectivity index (χ2n) is 6.00. The molecule has 1 aliphatic rings. The molecule has 2 atom stereocenters. The molecule has 0 fully saturated rings. The standard InChI is InChI=1S/C17H27NO3/c1-3-17(4-2)14-11-13(20)7-6-12(14)10-15(16(17)18)21-9-5-8-19/h6-7,11,15-16,19-20H,3-5,8-10,18H2,1-2H3/p+1/t15-,16+/m1/s1. The van der Waals surface area contributed by atoms with Crippen LogP contribution in [0.3, 0.4) is 0 Å². The van der Waals surface area contributed by atoms with Crippen LogP contribution in [0.2, 0.25) is 0 Å². The SMILES string of the molecule is CCC1(CC)c2cc(O)ccc2C[C@@H](OCCCO)[C@@H]1[NH3+]. The topological polar surface area (TPSA) is 77.3 Å². The van der Waals surface area contributed by atoms with Crippen molar-refractivity contribution in [2.24, 2.45) is 0 Å². The molecule has 0 saturated heterocycles. The molecule has 0 saturated carbocycles. The average molecular weight is 294 g/mol. The summed E-state index contributed by atoms with van der Waals surface area (Å²) in [6.07, 6.45) is 3.53. The van der Waals surface area contributed by atoms with E-state index in [1.54, 1.807) is 6.07 Å². The number of rotatable bonds is 6. The van der Waals surface area contributed by atoms with E-state index in [1.165, 1.54) is 11.1 Å². The van der Waals surface area contributed by atoms with E-state index in [0.717, 1.165) is 19.3 Å². The lowest BCUT2D eigenvalue weighted by Gasteiger charge is -2.44. The summed E-state index contributed by atoms with van der Waals surface area (Å²) in [5, 5.41) is 18.8. The largest absolute Gasteiger partial charge is 0.508 e. The smallest absolute Gasteiger partial charge is 0.121 e. The van der Waals surface area contributed by atoms with Gasteiger partial charge >= 0.3 is 0 Å². The molecular weight excluding hydrogens is 266 g/mol. The van der Waals surface area contributed by atoms with Crippen molar-refractivity contribution in [2.75, 3.05) is 13.2 Å². The average Bonchev–Trinajstić information content (AvgIpc) is 2.49. The van der Waals surface area contributed by atoms with Gasteiger partial charge in [-0.2, -0.15) is 0 Å². The molecule has 0 amide bonds. The molecule has 0 aromatic heterocycles. The number of fused-ring (bicyclic) bond motifs is 1. The Bertz CT molecular complexity index is 471. The summed E-state index contributed by atoms with van der Waals surface area (Å²) in [7, 11) is 0. The van der Waals surface area contributed by atoms with E-state index >= 15 is 0 Å². The lowest BCUT2D eigenvalue weighted by Crippen LogP contribution is -2.76. The summed E-state index contributed by atoms with van der Waals surface area (Å²) in [5.74, 6) is 0.326. The van der Waals surface area contributed by atoms with Crippen molar-refractivity contribution in [3.05, 3.63) is 29.3 Å². The minimum absolute atomic E-state index is 0.0454. The van der Waals surface area contributed by atoms with E-state index < -0.39 is 0 Å². The Balaban J connectivity index is 2.36. The fourth-order valence-corrected chi connectivity index (χ4v) is 3.75. The number of quaternary nitrogens is 1. The normalized spacial score (nSPS) is 23.8. The van der Waals surface area contributed by atoms with E-state index in [-0.39, 0.29) is 24.2 Å². The van der Waals surface area contributed by atoms with Gasteiger partial charge in [0.25, 0.3) is 0 Å². The third kappa shape index (κ3) is 2.93. The van der Waals surface area contributed by atoms with Gasteiger partial charge in [-0.25, -0.2) is 0 Å². The maximum absolute atomic E-state index is 9.86. The van der Waals surface area contributed by atoms with Gasteiger partial charge in [0.05, 0.1) is 0 Å². The number of hydrogen-bond acceptors (Lipinski definition) is 3. The monoisotopic (exact) mass is 294 g/mol. The first-order valence-electron chi connectivity index (χ1n) is 7.97. The van der Waals surface area contributed by atoms with Crippen LogP contribution in [0.15, 0.2) is 18.2 Å². The van der Waals surface area contributed by atoms with Crippen molar-refractivity contribution >= 4 is 0 Å². The molecule has 0 spiro atoms. The first kappa shape index (κ1) is 16.3. The molecule has 118 valence electrons. The van der Waals surface area contributed by atoms with Crippen molar-refractivity contribution in [1.29, 1.82) is 0 Å². The van der Waals surface area contributed by atoms with E-state index in [2.05, 4.69) is 19.6 Å².